The van der Waals surface area contributed by atoms with E-state index in [-0.39, 0.29) is 22.4 Å². The Morgan fingerprint density at radius 1 is 1.29 bits per heavy atom. The van der Waals surface area contributed by atoms with E-state index >= 15 is 0 Å². The van der Waals surface area contributed by atoms with Crippen molar-refractivity contribution in [1.82, 2.24) is 5.32 Å². The first-order valence-corrected chi connectivity index (χ1v) is 7.60. The van der Waals surface area contributed by atoms with E-state index in [0.29, 0.717) is 6.54 Å². The van der Waals surface area contributed by atoms with Gasteiger partial charge in [-0.05, 0) is 46.5 Å². The molecule has 1 aromatic rings. The summed E-state index contributed by atoms with van der Waals surface area (Å²) in [7, 11) is 0. The number of aliphatic hydroxyl groups is 1. The fourth-order valence-corrected chi connectivity index (χ4v) is 2.97. The molecule has 7 heteroatoms. The van der Waals surface area contributed by atoms with Crippen LogP contribution < -0.4 is 10.1 Å². The molecule has 0 spiro atoms. The summed E-state index contributed by atoms with van der Waals surface area (Å²) in [5.41, 5.74) is 0.828. The van der Waals surface area contributed by atoms with Crippen molar-refractivity contribution < 1.29 is 23.0 Å². The Morgan fingerprint density at radius 3 is 2.62 bits per heavy atom. The van der Waals surface area contributed by atoms with Crippen molar-refractivity contribution in [1.29, 1.82) is 0 Å². The van der Waals surface area contributed by atoms with Crippen molar-refractivity contribution in [2.45, 2.75) is 50.7 Å². The maximum absolute atomic E-state index is 12.2. The third-order valence-electron chi connectivity index (χ3n) is 3.52. The minimum Gasteiger partial charge on any atom is -0.405 e. The molecule has 2 N–H and O–H groups in total. The number of nitrogens with one attached hydrogen (secondary N) is 1. The fraction of sp³-hybridized carbons (Fsp3) is 0.571. The van der Waals surface area contributed by atoms with Gasteiger partial charge in [-0.15, -0.1) is 13.2 Å². The second-order valence-corrected chi connectivity index (χ2v) is 6.01. The Morgan fingerprint density at radius 2 is 2.00 bits per heavy atom. The Labute approximate surface area is 129 Å². The zero-order chi connectivity index (χ0) is 15.5. The highest BCUT2D eigenvalue weighted by atomic mass is 79.9. The lowest BCUT2D eigenvalue weighted by Crippen LogP contribution is -2.41. The quantitative estimate of drug-likeness (QED) is 0.851. The molecule has 0 heterocycles. The first-order valence-electron chi connectivity index (χ1n) is 6.81. The maximum atomic E-state index is 12.2. The van der Waals surface area contributed by atoms with Gasteiger partial charge >= 0.3 is 6.36 Å². The van der Waals surface area contributed by atoms with Crippen LogP contribution in [0.5, 0.6) is 5.75 Å². The van der Waals surface area contributed by atoms with Crippen molar-refractivity contribution in [3.8, 4) is 5.75 Å². The average Bonchev–Trinajstić information content (AvgIpc) is 2.39. The van der Waals surface area contributed by atoms with Crippen molar-refractivity contribution in [2.24, 2.45) is 0 Å². The lowest BCUT2D eigenvalue weighted by Gasteiger charge is -2.28. The minimum absolute atomic E-state index is 0.0450. The molecule has 0 saturated heterocycles. The van der Waals surface area contributed by atoms with Gasteiger partial charge in [0.2, 0.25) is 0 Å². The number of aliphatic hydroxyl groups excluding tert-OH is 1. The summed E-state index contributed by atoms with van der Waals surface area (Å²) in [5, 5.41) is 13.1. The van der Waals surface area contributed by atoms with Crippen molar-refractivity contribution in [3.63, 3.8) is 0 Å². The van der Waals surface area contributed by atoms with Crippen LogP contribution in [0.1, 0.15) is 31.2 Å². The highest BCUT2D eigenvalue weighted by molar-refractivity contribution is 9.10. The molecule has 0 aliphatic heterocycles. The zero-order valence-electron chi connectivity index (χ0n) is 11.3. The predicted molar refractivity (Wildman–Crippen MR) is 75.9 cm³/mol. The fourth-order valence-electron chi connectivity index (χ4n) is 2.46. The van der Waals surface area contributed by atoms with E-state index in [1.165, 1.54) is 6.07 Å². The molecular formula is C14H17BrF3NO2. The average molecular weight is 368 g/mol. The van der Waals surface area contributed by atoms with Crippen LogP contribution >= 0.6 is 15.9 Å². The molecule has 0 bridgehead atoms. The van der Waals surface area contributed by atoms with Gasteiger partial charge in [-0.1, -0.05) is 18.9 Å². The third kappa shape index (κ3) is 5.16. The van der Waals surface area contributed by atoms with Gasteiger partial charge in [0.15, 0.2) is 0 Å². The molecular weight excluding hydrogens is 351 g/mol. The van der Waals surface area contributed by atoms with E-state index in [1.807, 2.05) is 0 Å². The van der Waals surface area contributed by atoms with Crippen LogP contribution in [0.25, 0.3) is 0 Å². The minimum atomic E-state index is -4.70. The van der Waals surface area contributed by atoms with Gasteiger partial charge in [-0.25, -0.2) is 0 Å². The lowest BCUT2D eigenvalue weighted by molar-refractivity contribution is -0.274. The van der Waals surface area contributed by atoms with Crippen LogP contribution in [-0.4, -0.2) is 23.6 Å². The smallest absolute Gasteiger partial charge is 0.405 e. The summed E-state index contributed by atoms with van der Waals surface area (Å²) < 4.78 is 40.7. The number of halogens is 4. The zero-order valence-corrected chi connectivity index (χ0v) is 12.9. The van der Waals surface area contributed by atoms with E-state index in [1.54, 1.807) is 12.1 Å². The highest BCUT2D eigenvalue weighted by Crippen LogP contribution is 2.31. The standard InChI is InChI=1S/C14H17BrF3NO2/c15-10-7-9(5-6-13(10)21-14(16,17)18)8-19-11-3-1-2-4-12(11)20/h5-7,11-12,19-20H,1-4,8H2. The van der Waals surface area contributed by atoms with Crippen molar-refractivity contribution in [3.05, 3.63) is 28.2 Å². The third-order valence-corrected chi connectivity index (χ3v) is 4.14. The van der Waals surface area contributed by atoms with E-state index in [9.17, 15) is 18.3 Å². The van der Waals surface area contributed by atoms with E-state index < -0.39 is 6.36 Å². The molecule has 0 aromatic heterocycles. The van der Waals surface area contributed by atoms with E-state index in [2.05, 4.69) is 26.0 Å². The molecule has 118 valence electrons. The van der Waals surface area contributed by atoms with Gasteiger partial charge in [0.1, 0.15) is 5.75 Å². The molecule has 3 nitrogen and oxygen atoms in total. The molecule has 0 amide bonds. The van der Waals surface area contributed by atoms with Crippen molar-refractivity contribution in [2.75, 3.05) is 0 Å². The molecule has 2 unspecified atom stereocenters. The molecule has 2 atom stereocenters. The van der Waals surface area contributed by atoms with Gasteiger partial charge in [0.25, 0.3) is 0 Å². The SMILES string of the molecule is OC1CCCCC1NCc1ccc(OC(F)(F)F)c(Br)c1. The Kier molecular flexibility index (Phi) is 5.51. The topological polar surface area (TPSA) is 41.5 Å². The van der Waals surface area contributed by atoms with Crippen LogP contribution in [-0.2, 0) is 6.54 Å². The summed E-state index contributed by atoms with van der Waals surface area (Å²) in [6, 6.07) is 4.49. The largest absolute Gasteiger partial charge is 0.573 e. The number of ether oxygens (including phenoxy) is 1. The van der Waals surface area contributed by atoms with E-state index in [4.69, 9.17) is 0 Å². The molecule has 1 saturated carbocycles. The number of hydrogen-bond acceptors (Lipinski definition) is 3. The summed E-state index contributed by atoms with van der Waals surface area (Å²) in [6.45, 7) is 0.493. The predicted octanol–water partition coefficient (Wildman–Crippen LogP) is 3.74. The van der Waals surface area contributed by atoms with Crippen LogP contribution in [0.4, 0.5) is 13.2 Å². The molecule has 21 heavy (non-hydrogen) atoms. The van der Waals surface area contributed by atoms with Crippen molar-refractivity contribution >= 4 is 15.9 Å². The molecule has 1 aromatic carbocycles. The second kappa shape index (κ2) is 6.98. The summed E-state index contributed by atoms with van der Waals surface area (Å²) in [5.74, 6) is -0.260. The number of benzene rings is 1. The van der Waals surface area contributed by atoms with Gasteiger partial charge in [-0.2, -0.15) is 0 Å². The molecule has 1 aliphatic carbocycles. The Balaban J connectivity index is 1.94. The lowest BCUT2D eigenvalue weighted by atomic mass is 9.92. The van der Waals surface area contributed by atoms with Gasteiger partial charge in [0.05, 0.1) is 10.6 Å². The highest BCUT2D eigenvalue weighted by Gasteiger charge is 2.32. The maximum Gasteiger partial charge on any atom is 0.573 e. The monoisotopic (exact) mass is 367 g/mol. The molecule has 1 fully saturated rings. The van der Waals surface area contributed by atoms with Crippen LogP contribution in [0.15, 0.2) is 22.7 Å². The number of hydrogen-bond donors (Lipinski definition) is 2. The van der Waals surface area contributed by atoms with Gasteiger partial charge < -0.3 is 15.2 Å². The van der Waals surface area contributed by atoms with Crippen LogP contribution in [0.3, 0.4) is 0 Å². The first kappa shape index (κ1) is 16.6. The molecule has 0 radical (unpaired) electrons. The molecule has 2 rings (SSSR count). The number of alkyl halides is 3. The normalized spacial score (nSPS) is 23.1. The summed E-state index contributed by atoms with van der Waals surface area (Å²) in [6.07, 6.45) is -1.23. The Hall–Kier alpha value is -0.790. The van der Waals surface area contributed by atoms with E-state index in [0.717, 1.165) is 31.2 Å². The first-order chi connectivity index (χ1) is 9.85. The van der Waals surface area contributed by atoms with Gasteiger partial charge in [-0.3, -0.25) is 0 Å². The number of rotatable bonds is 4. The van der Waals surface area contributed by atoms with Crippen LogP contribution in [0, 0.1) is 0 Å². The second-order valence-electron chi connectivity index (χ2n) is 5.15. The summed E-state index contributed by atoms with van der Waals surface area (Å²) in [4.78, 5) is 0. The van der Waals surface area contributed by atoms with Crippen LogP contribution in [0.2, 0.25) is 0 Å². The Bertz CT molecular complexity index is 482. The molecule has 1 aliphatic rings. The van der Waals surface area contributed by atoms with Gasteiger partial charge in [0, 0.05) is 12.6 Å². The summed E-state index contributed by atoms with van der Waals surface area (Å²) >= 11 is 3.08.